The van der Waals surface area contributed by atoms with E-state index in [9.17, 15) is 8.42 Å². The fourth-order valence-electron chi connectivity index (χ4n) is 3.08. The van der Waals surface area contributed by atoms with Gasteiger partial charge in [0, 0.05) is 29.7 Å². The van der Waals surface area contributed by atoms with Crippen LogP contribution in [0.25, 0.3) is 11.3 Å². The van der Waals surface area contributed by atoms with Crippen molar-refractivity contribution in [2.24, 2.45) is 0 Å². The van der Waals surface area contributed by atoms with Crippen molar-refractivity contribution in [1.29, 1.82) is 0 Å². The molecular formula is C21H23N3O3S2. The van der Waals surface area contributed by atoms with E-state index in [2.05, 4.69) is 21.2 Å². The molecule has 1 aliphatic rings. The number of thioether (sulfide) groups is 1. The summed E-state index contributed by atoms with van der Waals surface area (Å²) in [4.78, 5) is 4.62. The Morgan fingerprint density at radius 1 is 1.14 bits per heavy atom. The minimum atomic E-state index is -3.49. The molecule has 2 heterocycles. The molecule has 2 aromatic carbocycles. The highest BCUT2D eigenvalue weighted by Gasteiger charge is 2.16. The van der Waals surface area contributed by atoms with E-state index >= 15 is 0 Å². The summed E-state index contributed by atoms with van der Waals surface area (Å²) in [6, 6.07) is 15.0. The standard InChI is InChI=1S/C21H23N3O3S2/c1-2-16-3-9-19(10-4-16)27-12-14-29(25,26)23-18-7-5-17(6-8-18)20-15-24-11-13-28-21(24)22-20/h3-10,15,23H,2,11-14H2,1H3. The van der Waals surface area contributed by atoms with E-state index in [1.165, 1.54) is 5.56 Å². The van der Waals surface area contributed by atoms with Crippen LogP contribution in [0, 0.1) is 0 Å². The summed E-state index contributed by atoms with van der Waals surface area (Å²) in [5, 5.41) is 1.04. The summed E-state index contributed by atoms with van der Waals surface area (Å²) in [6.45, 7) is 3.16. The van der Waals surface area contributed by atoms with Gasteiger partial charge in [0.1, 0.15) is 18.1 Å². The third kappa shape index (κ3) is 4.94. The van der Waals surface area contributed by atoms with Crippen molar-refractivity contribution in [2.45, 2.75) is 25.0 Å². The summed E-state index contributed by atoms with van der Waals surface area (Å²) >= 11 is 1.75. The highest BCUT2D eigenvalue weighted by atomic mass is 32.2. The monoisotopic (exact) mass is 429 g/mol. The Balaban J connectivity index is 1.32. The zero-order valence-electron chi connectivity index (χ0n) is 16.2. The van der Waals surface area contributed by atoms with Crippen LogP contribution in [0.4, 0.5) is 5.69 Å². The number of fused-ring (bicyclic) bond motifs is 1. The second-order valence-corrected chi connectivity index (χ2v) is 9.70. The number of aromatic nitrogens is 2. The van der Waals surface area contributed by atoms with Crippen LogP contribution in [0.5, 0.6) is 5.75 Å². The fraction of sp³-hybridized carbons (Fsp3) is 0.286. The molecule has 152 valence electrons. The van der Waals surface area contributed by atoms with Gasteiger partial charge in [0.25, 0.3) is 0 Å². The molecule has 0 unspecified atom stereocenters. The van der Waals surface area contributed by atoms with Gasteiger partial charge in [0.05, 0.1) is 5.69 Å². The third-order valence-electron chi connectivity index (χ3n) is 4.71. The Kier molecular flexibility index (Phi) is 5.82. The second-order valence-electron chi connectivity index (χ2n) is 6.79. The van der Waals surface area contributed by atoms with E-state index in [-0.39, 0.29) is 12.4 Å². The quantitative estimate of drug-likeness (QED) is 0.585. The van der Waals surface area contributed by atoms with Crippen molar-refractivity contribution >= 4 is 27.5 Å². The number of aryl methyl sites for hydroxylation is 2. The third-order valence-corrected chi connectivity index (χ3v) is 6.93. The predicted molar refractivity (Wildman–Crippen MR) is 117 cm³/mol. The topological polar surface area (TPSA) is 73.2 Å². The zero-order valence-corrected chi connectivity index (χ0v) is 17.8. The molecule has 0 saturated carbocycles. The molecule has 0 atom stereocenters. The van der Waals surface area contributed by atoms with E-state index in [0.717, 1.165) is 35.1 Å². The summed E-state index contributed by atoms with van der Waals surface area (Å²) in [6.07, 6.45) is 3.00. The highest BCUT2D eigenvalue weighted by molar-refractivity contribution is 7.99. The number of sulfonamides is 1. The first-order valence-corrected chi connectivity index (χ1v) is 12.2. The van der Waals surface area contributed by atoms with Gasteiger partial charge < -0.3 is 9.30 Å². The van der Waals surface area contributed by atoms with Gasteiger partial charge in [-0.05, 0) is 36.2 Å². The van der Waals surface area contributed by atoms with Gasteiger partial charge in [0.15, 0.2) is 5.16 Å². The first kappa shape index (κ1) is 19.8. The van der Waals surface area contributed by atoms with Gasteiger partial charge in [0.2, 0.25) is 10.0 Å². The molecule has 0 saturated heterocycles. The molecule has 0 bridgehead atoms. The molecule has 8 heteroatoms. The Morgan fingerprint density at radius 3 is 2.59 bits per heavy atom. The summed E-state index contributed by atoms with van der Waals surface area (Å²) in [7, 11) is -3.49. The van der Waals surface area contributed by atoms with Crippen molar-refractivity contribution in [3.05, 3.63) is 60.3 Å². The number of imidazole rings is 1. The molecule has 3 aromatic rings. The minimum absolute atomic E-state index is 0.0940. The van der Waals surface area contributed by atoms with E-state index in [0.29, 0.717) is 11.4 Å². The SMILES string of the molecule is CCc1ccc(OCCS(=O)(=O)Nc2ccc(-c3cn4c(n3)SCC4)cc2)cc1. The fourth-order valence-corrected chi connectivity index (χ4v) is 4.92. The van der Waals surface area contributed by atoms with Crippen molar-refractivity contribution in [2.75, 3.05) is 22.8 Å². The van der Waals surface area contributed by atoms with Crippen molar-refractivity contribution in [3.8, 4) is 17.0 Å². The molecule has 0 radical (unpaired) electrons. The number of anilines is 1. The zero-order chi connectivity index (χ0) is 20.3. The molecular weight excluding hydrogens is 406 g/mol. The second kappa shape index (κ2) is 8.51. The number of nitrogens with one attached hydrogen (secondary N) is 1. The number of hydrogen-bond acceptors (Lipinski definition) is 5. The van der Waals surface area contributed by atoms with Crippen LogP contribution in [-0.4, -0.2) is 36.1 Å². The smallest absolute Gasteiger partial charge is 0.236 e. The number of benzene rings is 2. The molecule has 6 nitrogen and oxygen atoms in total. The Labute approximate surface area is 175 Å². The molecule has 1 aromatic heterocycles. The maximum Gasteiger partial charge on any atom is 0.236 e. The van der Waals surface area contributed by atoms with Crippen LogP contribution in [0.15, 0.2) is 59.9 Å². The lowest BCUT2D eigenvalue weighted by atomic mass is 10.1. The number of ether oxygens (including phenoxy) is 1. The largest absolute Gasteiger partial charge is 0.492 e. The first-order valence-electron chi connectivity index (χ1n) is 9.55. The van der Waals surface area contributed by atoms with Gasteiger partial charge in [-0.3, -0.25) is 4.72 Å². The van der Waals surface area contributed by atoms with Gasteiger partial charge in [-0.25, -0.2) is 13.4 Å². The molecule has 29 heavy (non-hydrogen) atoms. The van der Waals surface area contributed by atoms with Gasteiger partial charge in [-0.15, -0.1) is 0 Å². The number of nitrogens with zero attached hydrogens (tertiary/aromatic N) is 2. The summed E-state index contributed by atoms with van der Waals surface area (Å²) in [5.41, 5.74) is 3.62. The lowest BCUT2D eigenvalue weighted by molar-refractivity contribution is 0.341. The molecule has 1 N–H and O–H groups in total. The molecule has 4 rings (SSSR count). The molecule has 1 aliphatic heterocycles. The number of rotatable bonds is 8. The van der Waals surface area contributed by atoms with Crippen molar-refractivity contribution in [1.82, 2.24) is 9.55 Å². The van der Waals surface area contributed by atoms with Crippen LogP contribution in [0.2, 0.25) is 0 Å². The molecule has 0 fully saturated rings. The first-order chi connectivity index (χ1) is 14.0. The van der Waals surface area contributed by atoms with E-state index in [4.69, 9.17) is 4.74 Å². The molecule has 0 amide bonds. The maximum absolute atomic E-state index is 12.3. The van der Waals surface area contributed by atoms with Crippen LogP contribution >= 0.6 is 11.8 Å². The van der Waals surface area contributed by atoms with Gasteiger partial charge in [-0.1, -0.05) is 43.0 Å². The normalized spacial score (nSPS) is 13.3. The van der Waals surface area contributed by atoms with Gasteiger partial charge >= 0.3 is 0 Å². The Morgan fingerprint density at radius 2 is 1.90 bits per heavy atom. The van der Waals surface area contributed by atoms with Crippen molar-refractivity contribution < 1.29 is 13.2 Å². The van der Waals surface area contributed by atoms with Gasteiger partial charge in [-0.2, -0.15) is 0 Å². The van der Waals surface area contributed by atoms with E-state index in [1.807, 2.05) is 42.6 Å². The molecule has 0 aliphatic carbocycles. The van der Waals surface area contributed by atoms with Crippen LogP contribution in [-0.2, 0) is 23.0 Å². The minimum Gasteiger partial charge on any atom is -0.492 e. The Bertz CT molecular complexity index is 1050. The van der Waals surface area contributed by atoms with E-state index in [1.54, 1.807) is 23.9 Å². The summed E-state index contributed by atoms with van der Waals surface area (Å²) in [5.74, 6) is 1.62. The predicted octanol–water partition coefficient (Wildman–Crippen LogP) is 4.04. The van der Waals surface area contributed by atoms with Crippen molar-refractivity contribution in [3.63, 3.8) is 0 Å². The van der Waals surface area contributed by atoms with E-state index < -0.39 is 10.0 Å². The highest BCUT2D eigenvalue weighted by Crippen LogP contribution is 2.29. The van der Waals surface area contributed by atoms with Crippen LogP contribution in [0.1, 0.15) is 12.5 Å². The maximum atomic E-state index is 12.3. The average Bonchev–Trinajstić information content (AvgIpc) is 3.31. The average molecular weight is 430 g/mol. The van der Waals surface area contributed by atoms with Crippen LogP contribution in [0.3, 0.4) is 0 Å². The number of hydrogen-bond donors (Lipinski definition) is 1. The van der Waals surface area contributed by atoms with Crippen LogP contribution < -0.4 is 9.46 Å². The Hall–Kier alpha value is -2.45. The lowest BCUT2D eigenvalue weighted by Crippen LogP contribution is -2.21. The summed E-state index contributed by atoms with van der Waals surface area (Å²) < 4.78 is 35.0. The molecule has 0 spiro atoms. The lowest BCUT2D eigenvalue weighted by Gasteiger charge is -2.10.